The molecule has 1 aromatic heterocycles. The van der Waals surface area contributed by atoms with Gasteiger partial charge in [0.15, 0.2) is 0 Å². The fourth-order valence-corrected chi connectivity index (χ4v) is 3.11. The molecule has 28 heavy (non-hydrogen) atoms. The molecule has 0 bridgehead atoms. The van der Waals surface area contributed by atoms with Gasteiger partial charge in [0.25, 0.3) is 0 Å². The number of pyridine rings is 1. The van der Waals surface area contributed by atoms with E-state index in [1.54, 1.807) is 7.11 Å². The minimum Gasteiger partial charge on any atom is -0.497 e. The normalized spacial score (nSPS) is 12.6. The van der Waals surface area contributed by atoms with Crippen molar-refractivity contribution in [2.75, 3.05) is 7.11 Å². The Bertz CT molecular complexity index is 933. The van der Waals surface area contributed by atoms with E-state index in [4.69, 9.17) is 9.47 Å². The molecule has 2 aromatic carbocycles. The monoisotopic (exact) mass is 372 g/mol. The minimum atomic E-state index is -0.537. The summed E-state index contributed by atoms with van der Waals surface area (Å²) in [7, 11) is 1.64. The van der Waals surface area contributed by atoms with Crippen LogP contribution in [0.1, 0.15) is 31.0 Å². The molecule has 3 aromatic rings. The Balaban J connectivity index is 1.61. The Morgan fingerprint density at radius 2 is 1.68 bits per heavy atom. The first-order chi connectivity index (χ1) is 13.6. The minimum absolute atomic E-state index is 0.537. The summed E-state index contributed by atoms with van der Waals surface area (Å²) in [6, 6.07) is 25.6. The number of ether oxygens (including phenoxy) is 2. The first-order valence-corrected chi connectivity index (χ1v) is 9.37. The lowest BCUT2D eigenvalue weighted by Gasteiger charge is -2.22. The number of methoxy groups -OCH3 is 1. The van der Waals surface area contributed by atoms with Crippen LogP contribution in [0.4, 0.5) is 0 Å². The summed E-state index contributed by atoms with van der Waals surface area (Å²) >= 11 is 0. The van der Waals surface area contributed by atoms with Gasteiger partial charge in [0, 0.05) is 11.8 Å². The van der Waals surface area contributed by atoms with Crippen LogP contribution in [-0.2, 0) is 11.8 Å². The maximum absolute atomic E-state index is 9.75. The number of hydrogen-bond acceptors (Lipinski definition) is 4. The second-order valence-electron chi connectivity index (χ2n) is 6.91. The fraction of sp³-hybridized carbons (Fsp3) is 0.250. The first kappa shape index (κ1) is 19.4. The highest BCUT2D eigenvalue weighted by atomic mass is 16.5. The van der Waals surface area contributed by atoms with Gasteiger partial charge >= 0.3 is 0 Å². The van der Waals surface area contributed by atoms with Crippen molar-refractivity contribution in [2.45, 2.75) is 31.6 Å². The molecule has 0 aliphatic carbocycles. The van der Waals surface area contributed by atoms with Crippen molar-refractivity contribution in [1.29, 1.82) is 5.26 Å². The van der Waals surface area contributed by atoms with Crippen LogP contribution in [0.2, 0.25) is 0 Å². The summed E-state index contributed by atoms with van der Waals surface area (Å²) in [6.45, 7) is 1.98. The number of rotatable bonds is 8. The molecule has 0 aliphatic rings. The quantitative estimate of drug-likeness (QED) is 0.510. The van der Waals surface area contributed by atoms with Gasteiger partial charge in [-0.05, 0) is 62.1 Å². The third kappa shape index (κ3) is 4.89. The van der Waals surface area contributed by atoms with Crippen LogP contribution in [0.5, 0.6) is 17.4 Å². The number of para-hydroxylation sites is 1. The Hall–Kier alpha value is -3.32. The van der Waals surface area contributed by atoms with E-state index in [0.29, 0.717) is 5.88 Å². The zero-order valence-electron chi connectivity index (χ0n) is 16.3. The average Bonchev–Trinajstić information content (AvgIpc) is 2.75. The molecular formula is C24H24N2O2. The summed E-state index contributed by atoms with van der Waals surface area (Å²) in [5.74, 6) is 2.15. The molecule has 3 rings (SSSR count). The largest absolute Gasteiger partial charge is 0.497 e. The molecular weight excluding hydrogens is 348 g/mol. The van der Waals surface area contributed by atoms with Crippen LogP contribution in [0.25, 0.3) is 0 Å². The van der Waals surface area contributed by atoms with E-state index in [0.717, 1.165) is 42.0 Å². The average molecular weight is 372 g/mol. The predicted octanol–water partition coefficient (Wildman–Crippen LogP) is 5.69. The summed E-state index contributed by atoms with van der Waals surface area (Å²) < 4.78 is 11.0. The fourth-order valence-electron chi connectivity index (χ4n) is 3.11. The van der Waals surface area contributed by atoms with Gasteiger partial charge in [0.2, 0.25) is 5.88 Å². The number of benzene rings is 2. The molecule has 1 unspecified atom stereocenters. The molecule has 0 spiro atoms. The number of nitrogens with zero attached hydrogens (tertiary/aromatic N) is 2. The van der Waals surface area contributed by atoms with Crippen LogP contribution in [0.3, 0.4) is 0 Å². The highest BCUT2D eigenvalue weighted by molar-refractivity contribution is 5.36. The summed E-state index contributed by atoms with van der Waals surface area (Å²) in [4.78, 5) is 4.59. The molecule has 4 nitrogen and oxygen atoms in total. The maximum atomic E-state index is 9.75. The summed E-state index contributed by atoms with van der Waals surface area (Å²) in [5.41, 5.74) is 1.43. The summed E-state index contributed by atoms with van der Waals surface area (Å²) in [5, 5.41) is 9.75. The number of hydrogen-bond donors (Lipinski definition) is 0. The number of nitriles is 1. The molecule has 0 saturated carbocycles. The van der Waals surface area contributed by atoms with Gasteiger partial charge in [-0.3, -0.25) is 0 Å². The van der Waals surface area contributed by atoms with Crippen molar-refractivity contribution in [2.24, 2.45) is 0 Å². The van der Waals surface area contributed by atoms with Gasteiger partial charge in [0.05, 0.1) is 18.6 Å². The van der Waals surface area contributed by atoms with Gasteiger partial charge in [-0.25, -0.2) is 4.98 Å². The standard InChI is InChI=1S/C24H24N2O2/c1-24(18-25,19-13-15-21(27-2)16-14-19)17-7-9-20-8-6-12-23(26-20)28-22-10-4-3-5-11-22/h3-6,8,10-16H,7,9,17H2,1-2H3. The van der Waals surface area contributed by atoms with E-state index in [1.165, 1.54) is 0 Å². The van der Waals surface area contributed by atoms with Crippen molar-refractivity contribution < 1.29 is 9.47 Å². The maximum Gasteiger partial charge on any atom is 0.219 e. The molecule has 4 heteroatoms. The Morgan fingerprint density at radius 3 is 2.36 bits per heavy atom. The smallest absolute Gasteiger partial charge is 0.219 e. The third-order valence-electron chi connectivity index (χ3n) is 4.83. The molecule has 0 aliphatic heterocycles. The topological polar surface area (TPSA) is 55.1 Å². The Labute approximate surface area is 166 Å². The van der Waals surface area contributed by atoms with Crippen molar-refractivity contribution in [1.82, 2.24) is 4.98 Å². The highest BCUT2D eigenvalue weighted by Crippen LogP contribution is 2.30. The number of aromatic nitrogens is 1. The number of aryl methyl sites for hydroxylation is 1. The molecule has 0 amide bonds. The molecule has 142 valence electrons. The lowest BCUT2D eigenvalue weighted by Crippen LogP contribution is -2.19. The molecule has 0 radical (unpaired) electrons. The van der Waals surface area contributed by atoms with Crippen LogP contribution in [-0.4, -0.2) is 12.1 Å². The second kappa shape index (κ2) is 9.05. The Morgan fingerprint density at radius 1 is 0.929 bits per heavy atom. The van der Waals surface area contributed by atoms with E-state index < -0.39 is 5.41 Å². The summed E-state index contributed by atoms with van der Waals surface area (Å²) in [6.07, 6.45) is 2.40. The molecule has 0 fully saturated rings. The second-order valence-corrected chi connectivity index (χ2v) is 6.91. The van der Waals surface area contributed by atoms with E-state index in [1.807, 2.05) is 79.7 Å². The lowest BCUT2D eigenvalue weighted by atomic mass is 9.79. The van der Waals surface area contributed by atoms with Crippen molar-refractivity contribution in [3.63, 3.8) is 0 Å². The van der Waals surface area contributed by atoms with Gasteiger partial charge in [0.1, 0.15) is 11.5 Å². The van der Waals surface area contributed by atoms with Gasteiger partial charge in [-0.1, -0.05) is 36.4 Å². The van der Waals surface area contributed by atoms with E-state index in [2.05, 4.69) is 11.1 Å². The van der Waals surface area contributed by atoms with Gasteiger partial charge < -0.3 is 9.47 Å². The van der Waals surface area contributed by atoms with Crippen LogP contribution >= 0.6 is 0 Å². The molecule has 1 atom stereocenters. The van der Waals surface area contributed by atoms with Crippen molar-refractivity contribution in [3.8, 4) is 23.4 Å². The van der Waals surface area contributed by atoms with Gasteiger partial charge in [-0.2, -0.15) is 5.26 Å². The van der Waals surface area contributed by atoms with Crippen molar-refractivity contribution >= 4 is 0 Å². The highest BCUT2D eigenvalue weighted by Gasteiger charge is 2.26. The zero-order chi connectivity index (χ0) is 19.8. The Kier molecular flexibility index (Phi) is 6.29. The van der Waals surface area contributed by atoms with E-state index in [-0.39, 0.29) is 0 Å². The molecule has 0 N–H and O–H groups in total. The van der Waals surface area contributed by atoms with E-state index >= 15 is 0 Å². The van der Waals surface area contributed by atoms with Crippen molar-refractivity contribution in [3.05, 3.63) is 84.1 Å². The van der Waals surface area contributed by atoms with Crippen LogP contribution < -0.4 is 9.47 Å². The molecule has 0 saturated heterocycles. The van der Waals surface area contributed by atoms with Crippen LogP contribution in [0.15, 0.2) is 72.8 Å². The predicted molar refractivity (Wildman–Crippen MR) is 110 cm³/mol. The van der Waals surface area contributed by atoms with Crippen LogP contribution in [0, 0.1) is 11.3 Å². The van der Waals surface area contributed by atoms with Gasteiger partial charge in [-0.15, -0.1) is 0 Å². The molecule has 1 heterocycles. The first-order valence-electron chi connectivity index (χ1n) is 9.37. The van der Waals surface area contributed by atoms with E-state index in [9.17, 15) is 5.26 Å². The zero-order valence-corrected chi connectivity index (χ0v) is 16.3. The third-order valence-corrected chi connectivity index (χ3v) is 4.83. The SMILES string of the molecule is COc1ccc(C(C)(C#N)CCCc2cccc(Oc3ccccc3)n2)cc1. The lowest BCUT2D eigenvalue weighted by molar-refractivity contribution is 0.414.